The van der Waals surface area contributed by atoms with Gasteiger partial charge in [0.2, 0.25) is 0 Å². The quantitative estimate of drug-likeness (QED) is 0.867. The highest BCUT2D eigenvalue weighted by Crippen LogP contribution is 2.29. The molecule has 4 nitrogen and oxygen atoms in total. The van der Waals surface area contributed by atoms with Crippen molar-refractivity contribution in [1.82, 2.24) is 4.98 Å². The van der Waals surface area contributed by atoms with Crippen LogP contribution in [0.4, 0.5) is 10.7 Å². The van der Waals surface area contributed by atoms with Crippen molar-refractivity contribution in [3.05, 3.63) is 39.9 Å². The summed E-state index contributed by atoms with van der Waals surface area (Å²) >= 11 is 4.80. The van der Waals surface area contributed by atoms with Crippen molar-refractivity contribution in [3.8, 4) is 0 Å². The monoisotopic (exact) mass is 326 g/mol. The number of nitrogens with zero attached hydrogens (tertiary/aromatic N) is 1. The van der Waals surface area contributed by atoms with Crippen LogP contribution >= 0.6 is 27.3 Å². The summed E-state index contributed by atoms with van der Waals surface area (Å²) in [5.74, 6) is -0.409. The number of anilines is 2. The molecular weight excluding hydrogens is 316 g/mol. The van der Waals surface area contributed by atoms with Gasteiger partial charge in [0.05, 0.1) is 17.8 Å². The molecule has 0 saturated heterocycles. The van der Waals surface area contributed by atoms with E-state index in [1.165, 1.54) is 11.3 Å². The summed E-state index contributed by atoms with van der Waals surface area (Å²) in [5.41, 5.74) is 2.82. The van der Waals surface area contributed by atoms with E-state index in [4.69, 9.17) is 4.74 Å². The average Bonchev–Trinajstić information content (AvgIpc) is 2.81. The number of hydrogen-bond donors (Lipinski definition) is 1. The van der Waals surface area contributed by atoms with Gasteiger partial charge < -0.3 is 10.1 Å². The number of ether oxygens (including phenoxy) is 1. The molecule has 1 aromatic heterocycles. The minimum absolute atomic E-state index is 0.317. The molecule has 94 valence electrons. The van der Waals surface area contributed by atoms with E-state index in [-0.39, 0.29) is 0 Å². The molecule has 0 fully saturated rings. The number of esters is 1. The summed E-state index contributed by atoms with van der Waals surface area (Å²) in [5, 5.41) is 3.85. The van der Waals surface area contributed by atoms with Crippen LogP contribution in [0.15, 0.2) is 34.2 Å². The summed E-state index contributed by atoms with van der Waals surface area (Å²) in [6, 6.07) is 7.68. The third-order valence-electron chi connectivity index (χ3n) is 2.16. The van der Waals surface area contributed by atoms with Crippen molar-refractivity contribution in [3.63, 3.8) is 0 Å². The number of rotatable bonds is 4. The predicted molar refractivity (Wildman–Crippen MR) is 75.5 cm³/mol. The first kappa shape index (κ1) is 13.0. The molecule has 1 N–H and O–H groups in total. The van der Waals surface area contributed by atoms with E-state index >= 15 is 0 Å². The van der Waals surface area contributed by atoms with E-state index in [0.717, 1.165) is 10.2 Å². The number of para-hydroxylation sites is 1. The Bertz CT molecular complexity index is 557. The van der Waals surface area contributed by atoms with Gasteiger partial charge in [0.15, 0.2) is 5.69 Å². The highest BCUT2D eigenvalue weighted by atomic mass is 79.9. The first-order valence-corrected chi connectivity index (χ1v) is 7.01. The van der Waals surface area contributed by atoms with Crippen LogP contribution in [0.5, 0.6) is 0 Å². The van der Waals surface area contributed by atoms with Gasteiger partial charge in [-0.3, -0.25) is 0 Å². The van der Waals surface area contributed by atoms with Gasteiger partial charge in [-0.05, 0) is 35.0 Å². The Morgan fingerprint density at radius 1 is 1.50 bits per heavy atom. The van der Waals surface area contributed by atoms with E-state index in [2.05, 4.69) is 26.2 Å². The fourth-order valence-corrected chi connectivity index (χ4v) is 2.43. The molecule has 0 aliphatic carbocycles. The molecule has 0 radical (unpaired) electrons. The number of carbonyl (C=O) groups excluding carboxylic acids is 1. The highest BCUT2D eigenvalue weighted by molar-refractivity contribution is 9.10. The SMILES string of the molecule is CCOC(=O)c1ncsc1Nc1ccccc1Br. The first-order valence-electron chi connectivity index (χ1n) is 5.34. The Balaban J connectivity index is 2.23. The van der Waals surface area contributed by atoms with Crippen LogP contribution in [0.25, 0.3) is 0 Å². The molecule has 0 amide bonds. The zero-order valence-corrected chi connectivity index (χ0v) is 12.0. The minimum Gasteiger partial charge on any atom is -0.461 e. The van der Waals surface area contributed by atoms with E-state index in [1.807, 2.05) is 24.3 Å². The molecule has 0 saturated carbocycles. The second kappa shape index (κ2) is 5.97. The van der Waals surface area contributed by atoms with Crippen LogP contribution in [0.2, 0.25) is 0 Å². The maximum absolute atomic E-state index is 11.7. The van der Waals surface area contributed by atoms with Crippen molar-refractivity contribution in [1.29, 1.82) is 0 Å². The number of thiazole rings is 1. The van der Waals surface area contributed by atoms with Gasteiger partial charge in [-0.15, -0.1) is 11.3 Å². The van der Waals surface area contributed by atoms with Crippen LogP contribution in [0.1, 0.15) is 17.4 Å². The standard InChI is InChI=1S/C12H11BrN2O2S/c1-2-17-12(16)10-11(18-7-14-10)15-9-6-4-3-5-8(9)13/h3-7,15H,2H2,1H3. The summed E-state index contributed by atoms with van der Waals surface area (Å²) in [7, 11) is 0. The number of carbonyl (C=O) groups is 1. The molecule has 0 unspecified atom stereocenters. The molecule has 6 heteroatoms. The van der Waals surface area contributed by atoms with Gasteiger partial charge in [-0.2, -0.15) is 0 Å². The molecular formula is C12H11BrN2O2S. The lowest BCUT2D eigenvalue weighted by Crippen LogP contribution is -2.07. The normalized spacial score (nSPS) is 10.1. The van der Waals surface area contributed by atoms with Crippen LogP contribution in [0, 0.1) is 0 Å². The van der Waals surface area contributed by atoms with Crippen molar-refractivity contribution < 1.29 is 9.53 Å². The van der Waals surface area contributed by atoms with E-state index < -0.39 is 5.97 Å². The predicted octanol–water partition coefficient (Wildman–Crippen LogP) is 3.83. The largest absolute Gasteiger partial charge is 0.461 e. The molecule has 18 heavy (non-hydrogen) atoms. The number of hydrogen-bond acceptors (Lipinski definition) is 5. The molecule has 1 heterocycles. The molecule has 0 bridgehead atoms. The Hall–Kier alpha value is -1.40. The zero-order valence-electron chi connectivity index (χ0n) is 9.64. The molecule has 1 aromatic carbocycles. The lowest BCUT2D eigenvalue weighted by atomic mass is 10.3. The van der Waals surface area contributed by atoms with Crippen molar-refractivity contribution in [2.75, 3.05) is 11.9 Å². The fourth-order valence-electron chi connectivity index (χ4n) is 1.36. The fraction of sp³-hybridized carbons (Fsp3) is 0.167. The maximum Gasteiger partial charge on any atom is 0.360 e. The van der Waals surface area contributed by atoms with Crippen molar-refractivity contribution >= 4 is 43.9 Å². The summed E-state index contributed by atoms with van der Waals surface area (Å²) < 4.78 is 5.87. The van der Waals surface area contributed by atoms with Gasteiger partial charge in [0.25, 0.3) is 0 Å². The number of nitrogens with one attached hydrogen (secondary N) is 1. The summed E-state index contributed by atoms with van der Waals surface area (Å²) in [6.07, 6.45) is 0. The Morgan fingerprint density at radius 2 is 2.28 bits per heavy atom. The highest BCUT2D eigenvalue weighted by Gasteiger charge is 2.16. The van der Waals surface area contributed by atoms with Crippen molar-refractivity contribution in [2.45, 2.75) is 6.92 Å². The van der Waals surface area contributed by atoms with Crippen LogP contribution in [0.3, 0.4) is 0 Å². The zero-order chi connectivity index (χ0) is 13.0. The molecule has 2 rings (SSSR count). The number of halogens is 1. The van der Waals surface area contributed by atoms with Crippen LogP contribution < -0.4 is 5.32 Å². The van der Waals surface area contributed by atoms with E-state index in [1.54, 1.807) is 12.4 Å². The smallest absolute Gasteiger partial charge is 0.360 e. The average molecular weight is 327 g/mol. The Morgan fingerprint density at radius 3 is 3.00 bits per heavy atom. The van der Waals surface area contributed by atoms with Crippen molar-refractivity contribution in [2.24, 2.45) is 0 Å². The Kier molecular flexibility index (Phi) is 4.33. The summed E-state index contributed by atoms with van der Waals surface area (Å²) in [4.78, 5) is 15.7. The lowest BCUT2D eigenvalue weighted by molar-refractivity contribution is 0.0521. The van der Waals surface area contributed by atoms with Gasteiger partial charge >= 0.3 is 5.97 Å². The second-order valence-corrected chi connectivity index (χ2v) is 5.06. The maximum atomic E-state index is 11.7. The molecule has 0 aliphatic heterocycles. The molecule has 0 atom stereocenters. The molecule has 0 aliphatic rings. The van der Waals surface area contributed by atoms with E-state index in [9.17, 15) is 4.79 Å². The molecule has 0 spiro atoms. The lowest BCUT2D eigenvalue weighted by Gasteiger charge is -2.07. The van der Waals surface area contributed by atoms with Crippen LogP contribution in [-0.4, -0.2) is 17.6 Å². The van der Waals surface area contributed by atoms with Gasteiger partial charge in [0.1, 0.15) is 5.00 Å². The topological polar surface area (TPSA) is 51.2 Å². The number of benzene rings is 1. The summed E-state index contributed by atoms with van der Waals surface area (Å²) in [6.45, 7) is 2.11. The van der Waals surface area contributed by atoms with Gasteiger partial charge in [-0.1, -0.05) is 12.1 Å². The van der Waals surface area contributed by atoms with Gasteiger partial charge in [0, 0.05) is 4.47 Å². The Labute approximate surface area is 117 Å². The van der Waals surface area contributed by atoms with E-state index in [0.29, 0.717) is 17.3 Å². The third kappa shape index (κ3) is 2.88. The second-order valence-electron chi connectivity index (χ2n) is 3.36. The minimum atomic E-state index is -0.409. The molecule has 2 aromatic rings. The van der Waals surface area contributed by atoms with Crippen LogP contribution in [-0.2, 0) is 4.74 Å². The van der Waals surface area contributed by atoms with Gasteiger partial charge in [-0.25, -0.2) is 9.78 Å². The number of aromatic nitrogens is 1. The first-order chi connectivity index (χ1) is 8.72. The third-order valence-corrected chi connectivity index (χ3v) is 3.59.